The number of ether oxygens (including phenoxy) is 1. The highest BCUT2D eigenvalue weighted by molar-refractivity contribution is 6.30. The molecule has 0 radical (unpaired) electrons. The fourth-order valence-corrected chi connectivity index (χ4v) is 2.79. The van der Waals surface area contributed by atoms with Crippen molar-refractivity contribution in [2.45, 2.75) is 46.6 Å². The second kappa shape index (κ2) is 8.91. The van der Waals surface area contributed by atoms with E-state index in [4.69, 9.17) is 16.3 Å². The second-order valence-electron chi connectivity index (χ2n) is 6.49. The Balaban J connectivity index is 1.79. The summed E-state index contributed by atoms with van der Waals surface area (Å²) in [5, 5.41) is 3.68. The van der Waals surface area contributed by atoms with Gasteiger partial charge >= 0.3 is 0 Å². The SMILES string of the molecule is Cc1cc(C)c(C)c(O[C@H](C)C(=O)NCCCc2ccc(Cl)cc2)c1. The van der Waals surface area contributed by atoms with Crippen LogP contribution in [0.15, 0.2) is 36.4 Å². The lowest BCUT2D eigenvalue weighted by molar-refractivity contribution is -0.127. The Morgan fingerprint density at radius 2 is 1.84 bits per heavy atom. The van der Waals surface area contributed by atoms with E-state index in [-0.39, 0.29) is 5.91 Å². The van der Waals surface area contributed by atoms with Crippen LogP contribution in [0.25, 0.3) is 0 Å². The molecule has 4 heteroatoms. The average Bonchev–Trinajstić information content (AvgIpc) is 2.57. The van der Waals surface area contributed by atoms with Gasteiger partial charge in [-0.05, 0) is 81.0 Å². The number of carbonyl (C=O) groups is 1. The van der Waals surface area contributed by atoms with E-state index in [2.05, 4.69) is 18.3 Å². The molecule has 1 N–H and O–H groups in total. The van der Waals surface area contributed by atoms with Crippen molar-refractivity contribution < 1.29 is 9.53 Å². The van der Waals surface area contributed by atoms with Crippen LogP contribution in [0.4, 0.5) is 0 Å². The zero-order valence-electron chi connectivity index (χ0n) is 15.4. The molecule has 1 amide bonds. The Morgan fingerprint density at radius 3 is 2.52 bits per heavy atom. The summed E-state index contributed by atoms with van der Waals surface area (Å²) in [6.45, 7) is 8.50. The summed E-state index contributed by atoms with van der Waals surface area (Å²) < 4.78 is 5.87. The lowest BCUT2D eigenvalue weighted by Gasteiger charge is -2.18. The molecule has 0 saturated carbocycles. The molecule has 1 atom stereocenters. The largest absolute Gasteiger partial charge is 0.481 e. The number of nitrogens with one attached hydrogen (secondary N) is 1. The molecule has 0 aromatic heterocycles. The molecule has 2 rings (SSSR count). The van der Waals surface area contributed by atoms with Crippen molar-refractivity contribution in [1.29, 1.82) is 0 Å². The highest BCUT2D eigenvalue weighted by Crippen LogP contribution is 2.24. The number of halogens is 1. The minimum Gasteiger partial charge on any atom is -0.481 e. The molecule has 0 heterocycles. The van der Waals surface area contributed by atoms with Crippen molar-refractivity contribution in [1.82, 2.24) is 5.32 Å². The van der Waals surface area contributed by atoms with Gasteiger partial charge in [0.15, 0.2) is 6.10 Å². The zero-order chi connectivity index (χ0) is 18.4. The molecule has 134 valence electrons. The predicted molar refractivity (Wildman–Crippen MR) is 104 cm³/mol. The van der Waals surface area contributed by atoms with Crippen molar-refractivity contribution in [3.63, 3.8) is 0 Å². The Bertz CT molecular complexity index is 725. The summed E-state index contributed by atoms with van der Waals surface area (Å²) in [7, 11) is 0. The van der Waals surface area contributed by atoms with E-state index < -0.39 is 6.10 Å². The fraction of sp³-hybridized carbons (Fsp3) is 0.381. The van der Waals surface area contributed by atoms with Gasteiger partial charge in [-0.3, -0.25) is 4.79 Å². The maximum absolute atomic E-state index is 12.2. The first-order valence-electron chi connectivity index (χ1n) is 8.63. The molecule has 0 fully saturated rings. The Labute approximate surface area is 155 Å². The van der Waals surface area contributed by atoms with Gasteiger partial charge in [0, 0.05) is 11.6 Å². The van der Waals surface area contributed by atoms with Gasteiger partial charge in [0.2, 0.25) is 0 Å². The van der Waals surface area contributed by atoms with E-state index in [1.807, 2.05) is 44.2 Å². The fourth-order valence-electron chi connectivity index (χ4n) is 2.67. The van der Waals surface area contributed by atoms with Crippen LogP contribution < -0.4 is 10.1 Å². The van der Waals surface area contributed by atoms with Crippen molar-refractivity contribution in [2.75, 3.05) is 6.54 Å². The molecule has 0 aliphatic rings. The third-order valence-electron chi connectivity index (χ3n) is 4.29. The van der Waals surface area contributed by atoms with E-state index in [0.29, 0.717) is 6.54 Å². The Hall–Kier alpha value is -2.00. The number of hydrogen-bond donors (Lipinski definition) is 1. The third kappa shape index (κ3) is 5.79. The van der Waals surface area contributed by atoms with Crippen LogP contribution in [-0.4, -0.2) is 18.6 Å². The smallest absolute Gasteiger partial charge is 0.260 e. The van der Waals surface area contributed by atoms with Crippen LogP contribution in [0.5, 0.6) is 5.75 Å². The lowest BCUT2D eigenvalue weighted by atomic mass is 10.1. The van der Waals surface area contributed by atoms with Crippen LogP contribution in [0, 0.1) is 20.8 Å². The van der Waals surface area contributed by atoms with Crippen LogP contribution in [-0.2, 0) is 11.2 Å². The predicted octanol–water partition coefficient (Wildman–Crippen LogP) is 4.78. The quantitative estimate of drug-likeness (QED) is 0.722. The van der Waals surface area contributed by atoms with E-state index in [0.717, 1.165) is 34.7 Å². The normalized spacial score (nSPS) is 11.9. The zero-order valence-corrected chi connectivity index (χ0v) is 16.1. The van der Waals surface area contributed by atoms with E-state index in [1.54, 1.807) is 6.92 Å². The standard InChI is InChI=1S/C21H26ClNO2/c1-14-12-15(2)16(3)20(13-14)25-17(4)21(24)23-11-5-6-18-7-9-19(22)10-8-18/h7-10,12-13,17H,5-6,11H2,1-4H3,(H,23,24)/t17-/m1/s1. The molecule has 0 unspecified atom stereocenters. The number of amides is 1. The molecular formula is C21H26ClNO2. The van der Waals surface area contributed by atoms with Gasteiger partial charge in [0.05, 0.1) is 0 Å². The third-order valence-corrected chi connectivity index (χ3v) is 4.54. The van der Waals surface area contributed by atoms with Crippen molar-refractivity contribution in [3.05, 3.63) is 63.7 Å². The van der Waals surface area contributed by atoms with Gasteiger partial charge in [-0.2, -0.15) is 0 Å². The van der Waals surface area contributed by atoms with Gasteiger partial charge in [-0.1, -0.05) is 29.8 Å². The van der Waals surface area contributed by atoms with Crippen LogP contribution in [0.3, 0.4) is 0 Å². The highest BCUT2D eigenvalue weighted by atomic mass is 35.5. The van der Waals surface area contributed by atoms with Gasteiger partial charge in [-0.15, -0.1) is 0 Å². The van der Waals surface area contributed by atoms with Crippen molar-refractivity contribution in [3.8, 4) is 5.75 Å². The van der Waals surface area contributed by atoms with Gasteiger partial charge in [-0.25, -0.2) is 0 Å². The maximum atomic E-state index is 12.2. The van der Waals surface area contributed by atoms with E-state index in [1.165, 1.54) is 11.1 Å². The molecule has 0 aliphatic carbocycles. The van der Waals surface area contributed by atoms with Crippen LogP contribution in [0.2, 0.25) is 5.02 Å². The molecule has 0 spiro atoms. The molecule has 25 heavy (non-hydrogen) atoms. The Morgan fingerprint density at radius 1 is 1.16 bits per heavy atom. The molecule has 0 aliphatic heterocycles. The summed E-state index contributed by atoms with van der Waals surface area (Å²) in [5.41, 5.74) is 4.60. The number of carbonyl (C=O) groups excluding carboxylic acids is 1. The number of rotatable bonds is 7. The van der Waals surface area contributed by atoms with E-state index >= 15 is 0 Å². The molecular weight excluding hydrogens is 334 g/mol. The van der Waals surface area contributed by atoms with Gasteiger partial charge < -0.3 is 10.1 Å². The number of aryl methyl sites for hydroxylation is 3. The topological polar surface area (TPSA) is 38.3 Å². The first kappa shape index (κ1) is 19.3. The summed E-state index contributed by atoms with van der Waals surface area (Å²) >= 11 is 5.88. The number of benzene rings is 2. The lowest BCUT2D eigenvalue weighted by Crippen LogP contribution is -2.37. The van der Waals surface area contributed by atoms with Crippen molar-refractivity contribution >= 4 is 17.5 Å². The monoisotopic (exact) mass is 359 g/mol. The molecule has 2 aromatic rings. The summed E-state index contributed by atoms with van der Waals surface area (Å²) in [5.74, 6) is 0.691. The first-order valence-corrected chi connectivity index (χ1v) is 9.01. The minimum absolute atomic E-state index is 0.0883. The highest BCUT2D eigenvalue weighted by Gasteiger charge is 2.16. The molecule has 0 bridgehead atoms. The maximum Gasteiger partial charge on any atom is 0.260 e. The summed E-state index contributed by atoms with van der Waals surface area (Å²) in [6, 6.07) is 11.9. The Kier molecular flexibility index (Phi) is 6.89. The second-order valence-corrected chi connectivity index (χ2v) is 6.92. The molecule has 3 nitrogen and oxygen atoms in total. The van der Waals surface area contributed by atoms with Gasteiger partial charge in [0.1, 0.15) is 5.75 Å². The first-order chi connectivity index (χ1) is 11.9. The average molecular weight is 360 g/mol. The molecule has 2 aromatic carbocycles. The summed E-state index contributed by atoms with van der Waals surface area (Å²) in [6.07, 6.45) is 1.27. The van der Waals surface area contributed by atoms with Crippen molar-refractivity contribution in [2.24, 2.45) is 0 Å². The summed E-state index contributed by atoms with van der Waals surface area (Å²) in [4.78, 5) is 12.2. The minimum atomic E-state index is -0.518. The number of hydrogen-bond acceptors (Lipinski definition) is 2. The van der Waals surface area contributed by atoms with Gasteiger partial charge in [0.25, 0.3) is 5.91 Å². The van der Waals surface area contributed by atoms with E-state index in [9.17, 15) is 4.79 Å². The van der Waals surface area contributed by atoms with Crippen LogP contribution in [0.1, 0.15) is 35.6 Å². The molecule has 0 saturated heterocycles. The van der Waals surface area contributed by atoms with Crippen LogP contribution >= 0.6 is 11.6 Å².